The third kappa shape index (κ3) is 4.58. The number of aromatic nitrogens is 4. The van der Waals surface area contributed by atoms with Crippen molar-refractivity contribution in [3.63, 3.8) is 0 Å². The van der Waals surface area contributed by atoms with Crippen molar-refractivity contribution in [1.82, 2.24) is 24.9 Å². The third-order valence-corrected chi connectivity index (χ3v) is 8.35. The molecule has 1 aliphatic heterocycles. The molecule has 1 amide bonds. The highest BCUT2D eigenvalue weighted by atomic mass is 35.5. The Kier molecular flexibility index (Phi) is 6.93. The van der Waals surface area contributed by atoms with Crippen LogP contribution in [0.2, 0.25) is 10.0 Å². The Balaban J connectivity index is 1.59. The van der Waals surface area contributed by atoms with E-state index in [-0.39, 0.29) is 18.0 Å². The summed E-state index contributed by atoms with van der Waals surface area (Å²) in [4.78, 5) is 20.8. The van der Waals surface area contributed by atoms with Gasteiger partial charge < -0.3 is 20.1 Å². The van der Waals surface area contributed by atoms with Crippen molar-refractivity contribution >= 4 is 62.3 Å². The summed E-state index contributed by atoms with van der Waals surface area (Å²) in [6, 6.07) is 4.74. The number of carbonyl (C=O) groups is 1. The van der Waals surface area contributed by atoms with Crippen molar-refractivity contribution in [3.8, 4) is 22.6 Å². The summed E-state index contributed by atoms with van der Waals surface area (Å²) in [7, 11) is 1.96. The van der Waals surface area contributed by atoms with E-state index in [2.05, 4.69) is 32.3 Å². The van der Waals surface area contributed by atoms with Crippen LogP contribution in [-0.4, -0.2) is 67.5 Å². The van der Waals surface area contributed by atoms with Crippen LogP contribution in [0.3, 0.4) is 0 Å². The van der Waals surface area contributed by atoms with Crippen LogP contribution >= 0.6 is 23.2 Å². The molecule has 4 aromatic rings. The van der Waals surface area contributed by atoms with Gasteiger partial charge in [0.05, 0.1) is 41.9 Å². The molecule has 1 saturated heterocycles. The number of fused-ring (bicyclic) bond motifs is 3. The Morgan fingerprint density at radius 3 is 2.51 bits per heavy atom. The van der Waals surface area contributed by atoms with Gasteiger partial charge >= 0.3 is 0 Å². The van der Waals surface area contributed by atoms with Gasteiger partial charge in [0.1, 0.15) is 23.6 Å². The molecule has 37 heavy (non-hydrogen) atoms. The lowest BCUT2D eigenvalue weighted by Crippen LogP contribution is -2.45. The lowest BCUT2D eigenvalue weighted by Gasteiger charge is -2.21. The minimum absolute atomic E-state index is 0.262. The minimum atomic E-state index is -1.06. The fourth-order valence-corrected chi connectivity index (χ4v) is 6.65. The zero-order chi connectivity index (χ0) is 26.3. The summed E-state index contributed by atoms with van der Waals surface area (Å²) in [6.45, 7) is 3.48. The van der Waals surface area contributed by atoms with Gasteiger partial charge in [0.25, 0.3) is 0 Å². The largest absolute Gasteiger partial charge is 0.495 e. The molecule has 5 rings (SSSR count). The first-order chi connectivity index (χ1) is 17.8. The van der Waals surface area contributed by atoms with Crippen molar-refractivity contribution in [2.75, 3.05) is 31.0 Å². The van der Waals surface area contributed by atoms with Gasteiger partial charge in [-0.2, -0.15) is 5.10 Å². The molecule has 3 aromatic heterocycles. The molecule has 10 nitrogen and oxygen atoms in total. The maximum absolute atomic E-state index is 12.2. The summed E-state index contributed by atoms with van der Waals surface area (Å²) in [5.74, 6) is 1.77. The molecule has 13 heteroatoms. The summed E-state index contributed by atoms with van der Waals surface area (Å²) in [5, 5.41) is 11.9. The second-order valence-electron chi connectivity index (χ2n) is 8.31. The van der Waals surface area contributed by atoms with E-state index in [1.807, 2.05) is 12.1 Å². The highest BCUT2D eigenvalue weighted by Gasteiger charge is 2.33. The molecule has 1 fully saturated rings. The van der Waals surface area contributed by atoms with Crippen molar-refractivity contribution in [3.05, 3.63) is 53.4 Å². The number of nitrogens with zero attached hydrogens (tertiary/aromatic N) is 4. The number of nitrogens with one attached hydrogen (secondary N) is 2. The van der Waals surface area contributed by atoms with Crippen molar-refractivity contribution in [2.24, 2.45) is 0 Å². The van der Waals surface area contributed by atoms with Crippen LogP contribution in [-0.2, 0) is 15.6 Å². The number of ether oxygens (including phenoxy) is 2. The first kappa shape index (κ1) is 25.2. The fourth-order valence-electron chi connectivity index (χ4n) is 4.37. The van der Waals surface area contributed by atoms with Gasteiger partial charge in [-0.05, 0) is 12.1 Å². The first-order valence-corrected chi connectivity index (χ1v) is 13.4. The van der Waals surface area contributed by atoms with Gasteiger partial charge in [0.15, 0.2) is 5.65 Å². The highest BCUT2D eigenvalue weighted by Crippen LogP contribution is 2.47. The molecular formula is C24H22Cl2N6O4S. The van der Waals surface area contributed by atoms with E-state index in [9.17, 15) is 9.00 Å². The van der Waals surface area contributed by atoms with E-state index in [4.69, 9.17) is 32.7 Å². The number of hydrogen-bond acceptors (Lipinski definition) is 8. The van der Waals surface area contributed by atoms with Gasteiger partial charge in [-0.15, -0.1) is 0 Å². The summed E-state index contributed by atoms with van der Waals surface area (Å²) >= 11 is 13.4. The Labute approximate surface area is 224 Å². The lowest BCUT2D eigenvalue weighted by molar-refractivity contribution is -0.117. The SMILES string of the molecule is C=CC(=O)N[C@@H]1CS(=O)C[C@@H]1Nc1cc2c(cn1)cc(-c1c(Cl)c(OC)cc(OC)c1Cl)c1ncnn12. The molecular weight excluding hydrogens is 539 g/mol. The smallest absolute Gasteiger partial charge is 0.243 e. The van der Waals surface area contributed by atoms with Gasteiger partial charge in [-0.1, -0.05) is 29.8 Å². The Morgan fingerprint density at radius 1 is 1.14 bits per heavy atom. The number of amides is 1. The number of pyridine rings is 2. The van der Waals surface area contributed by atoms with Crippen LogP contribution in [0.4, 0.5) is 5.82 Å². The number of anilines is 1. The monoisotopic (exact) mass is 560 g/mol. The number of rotatable bonds is 7. The molecule has 0 radical (unpaired) electrons. The lowest BCUT2D eigenvalue weighted by atomic mass is 10.0. The quantitative estimate of drug-likeness (QED) is 0.329. The van der Waals surface area contributed by atoms with Crippen molar-refractivity contribution in [2.45, 2.75) is 12.1 Å². The number of halogens is 2. The number of benzene rings is 1. The minimum Gasteiger partial charge on any atom is -0.495 e. The fraction of sp³-hybridized carbons (Fsp3) is 0.250. The zero-order valence-corrected chi connectivity index (χ0v) is 22.2. The molecule has 1 unspecified atom stereocenters. The Morgan fingerprint density at radius 2 is 1.84 bits per heavy atom. The predicted octanol–water partition coefficient (Wildman–Crippen LogP) is 3.48. The normalized spacial score (nSPS) is 19.2. The van der Waals surface area contributed by atoms with E-state index in [1.54, 1.807) is 16.8 Å². The van der Waals surface area contributed by atoms with Gasteiger partial charge in [-0.3, -0.25) is 9.00 Å². The maximum atomic E-state index is 12.2. The van der Waals surface area contributed by atoms with Crippen LogP contribution in [0, 0.1) is 0 Å². The second-order valence-corrected chi connectivity index (χ2v) is 10.6. The van der Waals surface area contributed by atoms with Gasteiger partial charge in [-0.25, -0.2) is 14.5 Å². The standard InChI is InChI=1S/C24H22Cl2N6O4S/c1-4-20(33)31-15-10-37(34)9-14(15)30-19-6-16-12(8-27-19)5-13(24-28-11-29-32(16)24)21-22(25)17(35-2)7-18(36-3)23(21)26/h4-8,11,14-15H,1,9-10H2,2-3H3,(H,27,30)(H,31,33)/t14-,15+,37?/m0/s1. The molecule has 0 bridgehead atoms. The Hall–Kier alpha value is -3.41. The molecule has 192 valence electrons. The molecule has 0 aliphatic carbocycles. The Bertz CT molecular complexity index is 1550. The molecule has 2 N–H and O–H groups in total. The first-order valence-electron chi connectivity index (χ1n) is 11.1. The average molecular weight is 561 g/mol. The van der Waals surface area contributed by atoms with Gasteiger partial charge in [0, 0.05) is 57.1 Å². The maximum Gasteiger partial charge on any atom is 0.243 e. The zero-order valence-electron chi connectivity index (χ0n) is 19.8. The molecule has 0 saturated carbocycles. The third-order valence-electron chi connectivity index (χ3n) is 6.13. The summed E-state index contributed by atoms with van der Waals surface area (Å²) < 4.78 is 24.7. The van der Waals surface area contributed by atoms with E-state index in [0.29, 0.717) is 55.6 Å². The number of methoxy groups -OCH3 is 2. The summed E-state index contributed by atoms with van der Waals surface area (Å²) in [5.41, 5.74) is 2.36. The van der Waals surface area contributed by atoms with E-state index in [1.165, 1.54) is 26.6 Å². The van der Waals surface area contributed by atoms with Crippen LogP contribution in [0.25, 0.3) is 27.7 Å². The van der Waals surface area contributed by atoms with Crippen LogP contribution in [0.5, 0.6) is 11.5 Å². The van der Waals surface area contributed by atoms with Crippen LogP contribution < -0.4 is 20.1 Å². The highest BCUT2D eigenvalue weighted by molar-refractivity contribution is 7.85. The van der Waals surface area contributed by atoms with E-state index < -0.39 is 10.8 Å². The second kappa shape index (κ2) is 10.2. The van der Waals surface area contributed by atoms with Crippen LogP contribution in [0.15, 0.2) is 43.4 Å². The van der Waals surface area contributed by atoms with Gasteiger partial charge in [0.2, 0.25) is 5.91 Å². The molecule has 1 aliphatic rings. The van der Waals surface area contributed by atoms with Crippen molar-refractivity contribution in [1.29, 1.82) is 0 Å². The topological polar surface area (TPSA) is 120 Å². The van der Waals surface area contributed by atoms with E-state index >= 15 is 0 Å². The summed E-state index contributed by atoms with van der Waals surface area (Å²) in [6.07, 6.45) is 4.32. The van der Waals surface area contributed by atoms with Crippen molar-refractivity contribution < 1.29 is 18.5 Å². The predicted molar refractivity (Wildman–Crippen MR) is 144 cm³/mol. The molecule has 4 heterocycles. The van der Waals surface area contributed by atoms with Crippen LogP contribution in [0.1, 0.15) is 0 Å². The number of hydrogen-bond donors (Lipinski definition) is 2. The number of carbonyl (C=O) groups excluding carboxylic acids is 1. The average Bonchev–Trinajstić information content (AvgIpc) is 3.51. The molecule has 1 aromatic carbocycles. The van der Waals surface area contributed by atoms with E-state index in [0.717, 1.165) is 10.9 Å². The molecule has 3 atom stereocenters. The molecule has 0 spiro atoms.